The molecule has 0 bridgehead atoms. The van der Waals surface area contributed by atoms with Crippen molar-refractivity contribution < 1.29 is 13.5 Å². The highest BCUT2D eigenvalue weighted by molar-refractivity contribution is 7.92. The third-order valence-corrected chi connectivity index (χ3v) is 7.13. The van der Waals surface area contributed by atoms with Crippen LogP contribution in [0.4, 0.5) is 0 Å². The summed E-state index contributed by atoms with van der Waals surface area (Å²) in [5.74, 6) is 0.468. The Morgan fingerprint density at radius 2 is 2.00 bits per heavy atom. The molecule has 2 rings (SSSR count). The molecule has 0 amide bonds. The Morgan fingerprint density at radius 3 is 2.29 bits per heavy atom. The molecular formula is C10H18O3S. The Bertz CT molecular complexity index is 358. The highest BCUT2D eigenvalue weighted by Crippen LogP contribution is 2.75. The number of hydrogen-bond donors (Lipinski definition) is 1. The average molecular weight is 218 g/mol. The van der Waals surface area contributed by atoms with E-state index in [-0.39, 0.29) is 28.6 Å². The minimum absolute atomic E-state index is 0.00919. The monoisotopic (exact) mass is 218 g/mol. The van der Waals surface area contributed by atoms with Crippen LogP contribution in [-0.4, -0.2) is 31.1 Å². The summed E-state index contributed by atoms with van der Waals surface area (Å²) in [6.07, 6.45) is 0.731. The lowest BCUT2D eigenvalue weighted by Gasteiger charge is -2.17. The standard InChI is InChI=1S/C10H18O3S/c1-7-10(4-5-14(7,12)13)8(6-11)9(10,2)3/h7-8,11H,4-6H2,1-3H3. The van der Waals surface area contributed by atoms with Gasteiger partial charge in [-0.05, 0) is 30.1 Å². The SMILES string of the molecule is CC1C2(CCS1(=O)=O)C(CO)C2(C)C. The van der Waals surface area contributed by atoms with E-state index >= 15 is 0 Å². The van der Waals surface area contributed by atoms with Gasteiger partial charge in [-0.2, -0.15) is 0 Å². The fourth-order valence-electron chi connectivity index (χ4n) is 3.71. The van der Waals surface area contributed by atoms with E-state index in [1.54, 1.807) is 6.92 Å². The van der Waals surface area contributed by atoms with E-state index in [0.717, 1.165) is 6.42 Å². The van der Waals surface area contributed by atoms with Crippen molar-refractivity contribution in [1.82, 2.24) is 0 Å². The van der Waals surface area contributed by atoms with Gasteiger partial charge in [0, 0.05) is 6.61 Å². The van der Waals surface area contributed by atoms with E-state index in [1.165, 1.54) is 0 Å². The predicted octanol–water partition coefficient (Wildman–Crippen LogP) is 0.828. The van der Waals surface area contributed by atoms with Gasteiger partial charge in [0.25, 0.3) is 0 Å². The summed E-state index contributed by atoms with van der Waals surface area (Å²) in [7, 11) is -2.90. The van der Waals surface area contributed by atoms with E-state index in [9.17, 15) is 13.5 Å². The first kappa shape index (κ1) is 10.4. The normalized spacial score (nSPS) is 48.3. The first-order chi connectivity index (χ1) is 6.30. The van der Waals surface area contributed by atoms with Crippen LogP contribution in [0.15, 0.2) is 0 Å². The van der Waals surface area contributed by atoms with Gasteiger partial charge in [0.15, 0.2) is 9.84 Å². The fourth-order valence-corrected chi connectivity index (χ4v) is 5.91. The van der Waals surface area contributed by atoms with Gasteiger partial charge in [-0.3, -0.25) is 0 Å². The molecule has 1 aliphatic heterocycles. The number of aliphatic hydroxyl groups excluding tert-OH is 1. The molecule has 0 aromatic carbocycles. The van der Waals surface area contributed by atoms with Crippen molar-refractivity contribution >= 4 is 9.84 Å². The Labute approximate surface area is 85.4 Å². The van der Waals surface area contributed by atoms with Crippen molar-refractivity contribution in [1.29, 1.82) is 0 Å². The fraction of sp³-hybridized carbons (Fsp3) is 1.00. The van der Waals surface area contributed by atoms with Gasteiger partial charge in [0.05, 0.1) is 11.0 Å². The lowest BCUT2D eigenvalue weighted by molar-refractivity contribution is 0.245. The van der Waals surface area contributed by atoms with Gasteiger partial charge in [0.1, 0.15) is 0 Å². The molecule has 1 spiro atoms. The van der Waals surface area contributed by atoms with Gasteiger partial charge in [0.2, 0.25) is 0 Å². The van der Waals surface area contributed by atoms with E-state index in [2.05, 4.69) is 13.8 Å². The second kappa shape index (κ2) is 2.53. The molecule has 14 heavy (non-hydrogen) atoms. The Morgan fingerprint density at radius 1 is 1.43 bits per heavy atom. The molecule has 1 saturated heterocycles. The van der Waals surface area contributed by atoms with E-state index < -0.39 is 9.84 Å². The molecule has 4 heteroatoms. The number of sulfone groups is 1. The molecule has 1 heterocycles. The Kier molecular flexibility index (Phi) is 1.88. The van der Waals surface area contributed by atoms with Crippen LogP contribution in [-0.2, 0) is 9.84 Å². The van der Waals surface area contributed by atoms with Gasteiger partial charge >= 0.3 is 0 Å². The summed E-state index contributed by atoms with van der Waals surface area (Å²) < 4.78 is 23.4. The van der Waals surface area contributed by atoms with E-state index in [1.807, 2.05) is 0 Å². The van der Waals surface area contributed by atoms with Crippen molar-refractivity contribution in [3.05, 3.63) is 0 Å². The zero-order valence-corrected chi connectivity index (χ0v) is 9.76. The summed E-state index contributed by atoms with van der Waals surface area (Å²) in [4.78, 5) is 0. The minimum Gasteiger partial charge on any atom is -0.396 e. The van der Waals surface area contributed by atoms with Gasteiger partial charge in [-0.15, -0.1) is 0 Å². The van der Waals surface area contributed by atoms with E-state index in [4.69, 9.17) is 0 Å². The molecule has 1 N–H and O–H groups in total. The van der Waals surface area contributed by atoms with Crippen LogP contribution in [0.5, 0.6) is 0 Å². The molecule has 3 nitrogen and oxygen atoms in total. The van der Waals surface area contributed by atoms with Crippen LogP contribution in [0.3, 0.4) is 0 Å². The zero-order valence-electron chi connectivity index (χ0n) is 8.95. The van der Waals surface area contributed by atoms with Crippen molar-refractivity contribution in [3.8, 4) is 0 Å². The number of aliphatic hydroxyl groups is 1. The van der Waals surface area contributed by atoms with Gasteiger partial charge in [-0.25, -0.2) is 8.42 Å². The van der Waals surface area contributed by atoms with Gasteiger partial charge < -0.3 is 5.11 Å². The van der Waals surface area contributed by atoms with Crippen LogP contribution in [0, 0.1) is 16.7 Å². The Balaban J connectivity index is 2.39. The summed E-state index contributed by atoms with van der Waals surface area (Å²) >= 11 is 0. The predicted molar refractivity (Wildman–Crippen MR) is 54.7 cm³/mol. The first-order valence-electron chi connectivity index (χ1n) is 5.13. The molecule has 3 unspecified atom stereocenters. The lowest BCUT2D eigenvalue weighted by Crippen LogP contribution is -2.24. The molecule has 0 aromatic heterocycles. The first-order valence-corrected chi connectivity index (χ1v) is 6.84. The molecule has 0 radical (unpaired) electrons. The maximum absolute atomic E-state index is 11.7. The topological polar surface area (TPSA) is 54.4 Å². The average Bonchev–Trinajstić information content (AvgIpc) is 2.46. The van der Waals surface area contributed by atoms with Crippen molar-refractivity contribution in [3.63, 3.8) is 0 Å². The summed E-state index contributed by atoms with van der Waals surface area (Å²) in [5, 5.41) is 8.98. The van der Waals surface area contributed by atoms with Crippen LogP contribution in [0.25, 0.3) is 0 Å². The second-order valence-corrected chi connectivity index (χ2v) is 7.70. The molecule has 82 valence electrons. The van der Waals surface area contributed by atoms with E-state index in [0.29, 0.717) is 5.75 Å². The van der Waals surface area contributed by atoms with Crippen LogP contribution >= 0.6 is 0 Å². The zero-order chi connectivity index (χ0) is 10.8. The lowest BCUT2D eigenvalue weighted by atomic mass is 9.90. The smallest absolute Gasteiger partial charge is 0.153 e. The minimum atomic E-state index is -2.90. The van der Waals surface area contributed by atoms with Crippen molar-refractivity contribution in [2.75, 3.05) is 12.4 Å². The summed E-state index contributed by atoms with van der Waals surface area (Å²) in [6.45, 7) is 6.07. The highest BCUT2D eigenvalue weighted by Gasteiger charge is 2.76. The molecular weight excluding hydrogens is 200 g/mol. The quantitative estimate of drug-likeness (QED) is 0.709. The number of hydrogen-bond acceptors (Lipinski definition) is 3. The van der Waals surface area contributed by atoms with Crippen LogP contribution in [0.2, 0.25) is 0 Å². The third kappa shape index (κ3) is 0.890. The molecule has 2 fully saturated rings. The van der Waals surface area contributed by atoms with Gasteiger partial charge in [-0.1, -0.05) is 13.8 Å². The van der Waals surface area contributed by atoms with Crippen molar-refractivity contribution in [2.24, 2.45) is 16.7 Å². The highest BCUT2D eigenvalue weighted by atomic mass is 32.2. The Hall–Kier alpha value is -0.0900. The second-order valence-electron chi connectivity index (χ2n) is 5.26. The van der Waals surface area contributed by atoms with Crippen LogP contribution < -0.4 is 0 Å². The van der Waals surface area contributed by atoms with Crippen LogP contribution in [0.1, 0.15) is 27.2 Å². The maximum atomic E-state index is 11.7. The summed E-state index contributed by atoms with van der Waals surface area (Å²) in [6, 6.07) is 0. The van der Waals surface area contributed by atoms with Crippen molar-refractivity contribution in [2.45, 2.75) is 32.4 Å². The molecule has 3 atom stereocenters. The maximum Gasteiger partial charge on any atom is 0.153 e. The summed E-state index contributed by atoms with van der Waals surface area (Å²) in [5.41, 5.74) is -0.147. The molecule has 0 aromatic rings. The number of rotatable bonds is 1. The largest absolute Gasteiger partial charge is 0.396 e. The third-order valence-electron chi connectivity index (χ3n) is 4.86. The molecule has 2 aliphatic rings. The molecule has 1 saturated carbocycles. The molecule has 1 aliphatic carbocycles.